The zero-order valence-corrected chi connectivity index (χ0v) is 11.3. The Morgan fingerprint density at radius 1 is 1.26 bits per heavy atom. The lowest BCUT2D eigenvalue weighted by molar-refractivity contribution is -0.138. The van der Waals surface area contributed by atoms with Crippen LogP contribution in [-0.4, -0.2) is 42.1 Å². The van der Waals surface area contributed by atoms with Gasteiger partial charge in [0, 0.05) is 13.6 Å². The van der Waals surface area contributed by atoms with Crippen LogP contribution in [0.4, 0.5) is 0 Å². The molecule has 0 saturated carbocycles. The van der Waals surface area contributed by atoms with E-state index < -0.39 is 5.97 Å². The molecular weight excluding hydrogens is 246 g/mol. The third-order valence-corrected chi connectivity index (χ3v) is 2.78. The molecule has 5 heteroatoms. The van der Waals surface area contributed by atoms with E-state index in [1.807, 2.05) is 24.3 Å². The first-order chi connectivity index (χ1) is 9.02. The van der Waals surface area contributed by atoms with Gasteiger partial charge >= 0.3 is 5.97 Å². The highest BCUT2D eigenvalue weighted by Gasteiger charge is 2.10. The van der Waals surface area contributed by atoms with Crippen LogP contribution in [0.2, 0.25) is 0 Å². The van der Waals surface area contributed by atoms with Gasteiger partial charge < -0.3 is 14.7 Å². The van der Waals surface area contributed by atoms with Crippen molar-refractivity contribution in [2.24, 2.45) is 0 Å². The Morgan fingerprint density at radius 2 is 1.89 bits per heavy atom. The van der Waals surface area contributed by atoms with Crippen molar-refractivity contribution in [3.8, 4) is 5.75 Å². The fourth-order valence-electron chi connectivity index (χ4n) is 1.46. The van der Waals surface area contributed by atoms with Crippen LogP contribution in [-0.2, 0) is 16.0 Å². The largest absolute Gasteiger partial charge is 0.484 e. The van der Waals surface area contributed by atoms with Gasteiger partial charge in [0.25, 0.3) is 5.91 Å². The molecule has 0 bridgehead atoms. The Bertz CT molecular complexity index is 428. The number of rotatable bonds is 7. The maximum absolute atomic E-state index is 11.7. The molecule has 0 aliphatic rings. The van der Waals surface area contributed by atoms with Crippen molar-refractivity contribution in [2.45, 2.75) is 19.8 Å². The van der Waals surface area contributed by atoms with E-state index in [1.165, 1.54) is 10.5 Å². The number of likely N-dealkylation sites (N-methyl/N-ethyl adjacent to an activating group) is 1. The van der Waals surface area contributed by atoms with Crippen molar-refractivity contribution in [1.82, 2.24) is 4.90 Å². The van der Waals surface area contributed by atoms with E-state index in [1.54, 1.807) is 7.05 Å². The van der Waals surface area contributed by atoms with Crippen LogP contribution in [0.15, 0.2) is 24.3 Å². The van der Waals surface area contributed by atoms with Crippen molar-refractivity contribution >= 4 is 11.9 Å². The molecule has 0 aromatic heterocycles. The molecule has 1 aromatic carbocycles. The third-order valence-electron chi connectivity index (χ3n) is 2.78. The summed E-state index contributed by atoms with van der Waals surface area (Å²) in [6, 6.07) is 7.55. The average molecular weight is 265 g/mol. The van der Waals surface area contributed by atoms with Gasteiger partial charge in [-0.05, 0) is 24.1 Å². The Balaban J connectivity index is 2.38. The van der Waals surface area contributed by atoms with Crippen LogP contribution < -0.4 is 4.74 Å². The van der Waals surface area contributed by atoms with Crippen LogP contribution >= 0.6 is 0 Å². The number of hydrogen-bond donors (Lipinski definition) is 1. The second-order valence-corrected chi connectivity index (χ2v) is 4.25. The lowest BCUT2D eigenvalue weighted by atomic mass is 10.2. The minimum absolute atomic E-state index is 0.0621. The van der Waals surface area contributed by atoms with Gasteiger partial charge in [0.2, 0.25) is 0 Å². The summed E-state index contributed by atoms with van der Waals surface area (Å²) in [5.74, 6) is -0.520. The first kappa shape index (κ1) is 15.0. The van der Waals surface area contributed by atoms with Crippen LogP contribution in [0.3, 0.4) is 0 Å². The molecule has 5 nitrogen and oxygen atoms in total. The minimum atomic E-state index is -0.921. The highest BCUT2D eigenvalue weighted by Crippen LogP contribution is 2.12. The van der Waals surface area contributed by atoms with Gasteiger partial charge in [-0.1, -0.05) is 19.1 Å². The molecule has 0 spiro atoms. The monoisotopic (exact) mass is 265 g/mol. The standard InChI is InChI=1S/C14H19NO4/c1-3-11-4-6-12(7-5-11)19-10-13(16)15(2)9-8-14(17)18/h4-7H,3,8-10H2,1-2H3,(H,17,18). The van der Waals surface area contributed by atoms with Crippen LogP contribution in [0.25, 0.3) is 0 Å². The zero-order valence-electron chi connectivity index (χ0n) is 11.3. The van der Waals surface area contributed by atoms with Crippen LogP contribution in [0.5, 0.6) is 5.75 Å². The quantitative estimate of drug-likeness (QED) is 0.812. The van der Waals surface area contributed by atoms with Gasteiger partial charge in [-0.15, -0.1) is 0 Å². The Labute approximate surface area is 112 Å². The fourth-order valence-corrected chi connectivity index (χ4v) is 1.46. The Kier molecular flexibility index (Phi) is 5.85. The second-order valence-electron chi connectivity index (χ2n) is 4.25. The maximum Gasteiger partial charge on any atom is 0.305 e. The summed E-state index contributed by atoms with van der Waals surface area (Å²) >= 11 is 0. The van der Waals surface area contributed by atoms with Gasteiger partial charge in [0.1, 0.15) is 5.75 Å². The van der Waals surface area contributed by atoms with E-state index in [4.69, 9.17) is 9.84 Å². The van der Waals surface area contributed by atoms with Gasteiger partial charge in [-0.25, -0.2) is 0 Å². The number of carbonyl (C=O) groups excluding carboxylic acids is 1. The van der Waals surface area contributed by atoms with E-state index in [9.17, 15) is 9.59 Å². The molecule has 1 aromatic rings. The predicted octanol–water partition coefficient (Wildman–Crippen LogP) is 1.56. The van der Waals surface area contributed by atoms with Gasteiger partial charge in [-0.2, -0.15) is 0 Å². The molecule has 1 amide bonds. The molecule has 0 atom stereocenters. The fraction of sp³-hybridized carbons (Fsp3) is 0.429. The first-order valence-corrected chi connectivity index (χ1v) is 6.20. The highest BCUT2D eigenvalue weighted by atomic mass is 16.5. The highest BCUT2D eigenvalue weighted by molar-refractivity contribution is 5.78. The third kappa shape index (κ3) is 5.42. The molecule has 1 N–H and O–H groups in total. The number of carbonyl (C=O) groups is 2. The molecule has 1 rings (SSSR count). The average Bonchev–Trinajstić information content (AvgIpc) is 2.42. The number of ether oxygens (including phenoxy) is 1. The smallest absolute Gasteiger partial charge is 0.305 e. The number of carboxylic acid groups (broad SMARTS) is 1. The number of aliphatic carboxylic acids is 1. The Morgan fingerprint density at radius 3 is 2.42 bits per heavy atom. The molecule has 0 fully saturated rings. The first-order valence-electron chi connectivity index (χ1n) is 6.20. The van der Waals surface area contributed by atoms with Crippen LogP contribution in [0, 0.1) is 0 Å². The summed E-state index contributed by atoms with van der Waals surface area (Å²) in [6.07, 6.45) is 0.893. The lowest BCUT2D eigenvalue weighted by Gasteiger charge is -2.16. The van der Waals surface area contributed by atoms with Crippen molar-refractivity contribution in [3.63, 3.8) is 0 Å². The summed E-state index contributed by atoms with van der Waals surface area (Å²) in [5, 5.41) is 8.53. The summed E-state index contributed by atoms with van der Waals surface area (Å²) in [5.41, 5.74) is 1.21. The summed E-state index contributed by atoms with van der Waals surface area (Å²) < 4.78 is 5.36. The molecule has 19 heavy (non-hydrogen) atoms. The molecule has 0 heterocycles. The van der Waals surface area contributed by atoms with Gasteiger partial charge in [-0.3, -0.25) is 9.59 Å². The van der Waals surface area contributed by atoms with E-state index in [2.05, 4.69) is 6.92 Å². The Hall–Kier alpha value is -2.04. The van der Waals surface area contributed by atoms with E-state index in [0.29, 0.717) is 5.75 Å². The number of hydrogen-bond acceptors (Lipinski definition) is 3. The van der Waals surface area contributed by atoms with Crippen LogP contribution in [0.1, 0.15) is 18.9 Å². The predicted molar refractivity (Wildman–Crippen MR) is 71.2 cm³/mol. The number of benzene rings is 1. The van der Waals surface area contributed by atoms with Crippen molar-refractivity contribution in [2.75, 3.05) is 20.2 Å². The second kappa shape index (κ2) is 7.41. The molecule has 104 valence electrons. The number of aryl methyl sites for hydroxylation is 1. The number of carboxylic acids is 1. The summed E-state index contributed by atoms with van der Waals surface area (Å²) in [7, 11) is 1.56. The van der Waals surface area contributed by atoms with Crippen molar-refractivity contribution in [3.05, 3.63) is 29.8 Å². The number of amides is 1. The topological polar surface area (TPSA) is 66.8 Å². The van der Waals surface area contributed by atoms with E-state index in [-0.39, 0.29) is 25.5 Å². The molecule has 0 saturated heterocycles. The van der Waals surface area contributed by atoms with E-state index >= 15 is 0 Å². The molecule has 0 unspecified atom stereocenters. The van der Waals surface area contributed by atoms with Gasteiger partial charge in [0.05, 0.1) is 6.42 Å². The number of nitrogens with zero attached hydrogens (tertiary/aromatic N) is 1. The maximum atomic E-state index is 11.7. The molecular formula is C14H19NO4. The molecule has 0 aliphatic carbocycles. The molecule has 0 radical (unpaired) electrons. The summed E-state index contributed by atoms with van der Waals surface area (Å²) in [6.45, 7) is 2.17. The molecule has 0 aliphatic heterocycles. The van der Waals surface area contributed by atoms with Crippen molar-refractivity contribution < 1.29 is 19.4 Å². The van der Waals surface area contributed by atoms with E-state index in [0.717, 1.165) is 6.42 Å². The van der Waals surface area contributed by atoms with Crippen molar-refractivity contribution in [1.29, 1.82) is 0 Å². The lowest BCUT2D eigenvalue weighted by Crippen LogP contribution is -2.33. The SMILES string of the molecule is CCc1ccc(OCC(=O)N(C)CCC(=O)O)cc1. The normalized spacial score (nSPS) is 10.0. The van der Waals surface area contributed by atoms with Gasteiger partial charge in [0.15, 0.2) is 6.61 Å². The summed E-state index contributed by atoms with van der Waals surface area (Å²) in [4.78, 5) is 23.4. The zero-order chi connectivity index (χ0) is 14.3. The minimum Gasteiger partial charge on any atom is -0.484 e.